The van der Waals surface area contributed by atoms with Crippen LogP contribution in [-0.2, 0) is 6.54 Å². The molecule has 0 aromatic heterocycles. The van der Waals surface area contributed by atoms with E-state index in [9.17, 15) is 0 Å². The molecule has 0 atom stereocenters. The summed E-state index contributed by atoms with van der Waals surface area (Å²) in [5, 5.41) is 13.8. The van der Waals surface area contributed by atoms with Crippen LogP contribution in [0.4, 0.5) is 11.4 Å². The topological polar surface area (TPSA) is 32.7 Å². The predicted octanol–water partition coefficient (Wildman–Crippen LogP) is 9.57. The molecule has 0 heterocycles. The molecule has 0 saturated carbocycles. The third-order valence-corrected chi connectivity index (χ3v) is 8.00. The van der Waals surface area contributed by atoms with Crippen molar-refractivity contribution < 1.29 is 9.68 Å². The summed E-state index contributed by atoms with van der Waals surface area (Å²) in [5.41, 5.74) is 8.26. The molecule has 0 aliphatic carbocycles. The molecule has 0 fully saturated rings. The van der Waals surface area contributed by atoms with Gasteiger partial charge in [0, 0.05) is 23.3 Å². The zero-order valence-electron chi connectivity index (χ0n) is 23.6. The fourth-order valence-corrected chi connectivity index (χ4v) is 5.95. The summed E-state index contributed by atoms with van der Waals surface area (Å²) in [7, 11) is 0.717. The van der Waals surface area contributed by atoms with E-state index in [0.29, 0.717) is 20.0 Å². The van der Waals surface area contributed by atoms with E-state index >= 15 is 0 Å². The van der Waals surface area contributed by atoms with Gasteiger partial charge in [-0.1, -0.05) is 115 Å². The lowest BCUT2D eigenvalue weighted by molar-refractivity contribution is 0.454. The van der Waals surface area contributed by atoms with E-state index in [2.05, 4.69) is 144 Å². The fourth-order valence-electron chi connectivity index (χ4n) is 5.95. The lowest BCUT2D eigenvalue weighted by atomic mass is 9.92. The van der Waals surface area contributed by atoms with Crippen molar-refractivity contribution in [3.8, 4) is 28.0 Å². The summed E-state index contributed by atoms with van der Waals surface area (Å²) in [4.78, 5) is 2.38. The van der Waals surface area contributed by atoms with Gasteiger partial charge in [-0.2, -0.15) is 0 Å². The van der Waals surface area contributed by atoms with Crippen LogP contribution in [0.25, 0.3) is 43.8 Å². The molecular weight excluding hydrogens is 525 g/mol. The van der Waals surface area contributed by atoms with E-state index in [1.54, 1.807) is 0 Å². The molecule has 7 aromatic rings. The van der Waals surface area contributed by atoms with Crippen LogP contribution in [0.3, 0.4) is 0 Å². The molecule has 0 unspecified atom stereocenters. The lowest BCUT2D eigenvalue weighted by Gasteiger charge is -2.28. The highest BCUT2D eigenvalue weighted by Crippen LogP contribution is 2.38. The second-order valence-corrected chi connectivity index (χ2v) is 10.6. The van der Waals surface area contributed by atoms with Gasteiger partial charge in [0.1, 0.15) is 5.75 Å². The van der Waals surface area contributed by atoms with E-state index in [1.807, 2.05) is 18.2 Å². The van der Waals surface area contributed by atoms with Crippen molar-refractivity contribution in [2.45, 2.75) is 6.54 Å². The largest absolute Gasteiger partial charge is 0.569 e. The zero-order valence-corrected chi connectivity index (χ0v) is 23.6. The summed E-state index contributed by atoms with van der Waals surface area (Å²) in [6.07, 6.45) is 0. The Hall–Kier alpha value is -5.32. The molecule has 0 bridgehead atoms. The first-order chi connectivity index (χ1) is 21.3. The maximum Gasteiger partial charge on any atom is 0.569 e. The first-order valence-electron chi connectivity index (χ1n) is 14.4. The van der Waals surface area contributed by atoms with E-state index in [0.717, 1.165) is 22.1 Å². The highest BCUT2D eigenvalue weighted by molar-refractivity contribution is 6.17. The predicted molar refractivity (Wildman–Crippen MR) is 180 cm³/mol. The number of hydrogen-bond donors (Lipinski definition) is 1. The monoisotopic (exact) mass is 554 g/mol. The van der Waals surface area contributed by atoms with Crippen LogP contribution >= 0.6 is 0 Å². The Morgan fingerprint density at radius 3 is 2.09 bits per heavy atom. The number of hydrogen-bond acceptors (Lipinski definition) is 3. The number of para-hydroxylation sites is 1. The van der Waals surface area contributed by atoms with E-state index in [1.165, 1.54) is 38.6 Å². The van der Waals surface area contributed by atoms with Crippen LogP contribution in [0.5, 0.6) is 5.75 Å². The summed E-state index contributed by atoms with van der Waals surface area (Å²) in [5.74, 6) is 0.591. The van der Waals surface area contributed by atoms with Gasteiger partial charge < -0.3 is 14.6 Å². The number of anilines is 2. The molecule has 43 heavy (non-hydrogen) atoms. The molecule has 0 saturated heterocycles. The maximum atomic E-state index is 9.16. The van der Waals surface area contributed by atoms with Crippen molar-refractivity contribution >= 4 is 40.6 Å². The number of rotatable bonds is 8. The highest BCUT2D eigenvalue weighted by Gasteiger charge is 2.17. The van der Waals surface area contributed by atoms with Crippen LogP contribution in [0.1, 0.15) is 5.56 Å². The SMILES string of the molecule is O[B]Oc1ccc2c(N(Cc3ccc(-c4cccc5ccccc45)cc3-c3ccccc3)c3ccccc3)cccc2c1. The average molecular weight is 554 g/mol. The second-order valence-electron chi connectivity index (χ2n) is 10.6. The molecule has 7 aromatic carbocycles. The molecular formula is C39H29BNO2. The minimum absolute atomic E-state index is 0.591. The third-order valence-electron chi connectivity index (χ3n) is 8.00. The van der Waals surface area contributed by atoms with Crippen molar-refractivity contribution in [3.63, 3.8) is 0 Å². The minimum Gasteiger partial charge on any atom is -0.537 e. The summed E-state index contributed by atoms with van der Waals surface area (Å²) >= 11 is 0. The van der Waals surface area contributed by atoms with Gasteiger partial charge in [0.15, 0.2) is 0 Å². The van der Waals surface area contributed by atoms with Gasteiger partial charge in [-0.25, -0.2) is 0 Å². The normalized spacial score (nSPS) is 11.0. The quantitative estimate of drug-likeness (QED) is 0.190. The first kappa shape index (κ1) is 26.6. The Bertz CT molecular complexity index is 2020. The van der Waals surface area contributed by atoms with Crippen LogP contribution in [-0.4, -0.2) is 12.7 Å². The molecule has 0 aliphatic heterocycles. The molecule has 7 rings (SSSR count). The second kappa shape index (κ2) is 11.9. The zero-order chi connectivity index (χ0) is 29.0. The molecule has 1 N–H and O–H groups in total. The van der Waals surface area contributed by atoms with E-state index < -0.39 is 0 Å². The molecule has 1 radical (unpaired) electrons. The number of fused-ring (bicyclic) bond motifs is 2. The van der Waals surface area contributed by atoms with Crippen molar-refractivity contribution in [1.82, 2.24) is 0 Å². The van der Waals surface area contributed by atoms with E-state index in [-0.39, 0.29) is 0 Å². The molecule has 4 heteroatoms. The van der Waals surface area contributed by atoms with Gasteiger partial charge >= 0.3 is 7.69 Å². The van der Waals surface area contributed by atoms with Crippen molar-refractivity contribution in [1.29, 1.82) is 0 Å². The van der Waals surface area contributed by atoms with Gasteiger partial charge in [-0.3, -0.25) is 0 Å². The maximum absolute atomic E-state index is 9.16. The highest BCUT2D eigenvalue weighted by atomic mass is 16.5. The van der Waals surface area contributed by atoms with Crippen LogP contribution in [0, 0.1) is 0 Å². The third kappa shape index (κ3) is 5.37. The van der Waals surface area contributed by atoms with Crippen LogP contribution in [0.15, 0.2) is 158 Å². The lowest BCUT2D eigenvalue weighted by Crippen LogP contribution is -2.17. The Labute approximate surface area is 252 Å². The molecule has 205 valence electrons. The molecule has 0 aliphatic rings. The average Bonchev–Trinajstić information content (AvgIpc) is 3.07. The van der Waals surface area contributed by atoms with Crippen molar-refractivity contribution in [2.75, 3.05) is 4.90 Å². The summed E-state index contributed by atoms with van der Waals surface area (Å²) < 4.78 is 5.25. The standard InChI is InChI=1S/C39H29BNO2/c42-40-43-34-23-24-37-30(25-34)15-10-20-39(37)41(33-16-5-2-6-17-33)27-32-22-21-31(26-38(32)29-11-3-1-4-12-29)36-19-9-14-28-13-7-8-18-35(28)36/h1-26,42H,27H2. The van der Waals surface area contributed by atoms with Gasteiger partial charge in [-0.15, -0.1) is 0 Å². The van der Waals surface area contributed by atoms with E-state index in [4.69, 9.17) is 9.68 Å². The molecule has 3 nitrogen and oxygen atoms in total. The van der Waals surface area contributed by atoms with Gasteiger partial charge in [0.2, 0.25) is 0 Å². The Morgan fingerprint density at radius 1 is 0.535 bits per heavy atom. The summed E-state index contributed by atoms with van der Waals surface area (Å²) in [6, 6.07) is 55.4. The first-order valence-corrected chi connectivity index (χ1v) is 14.4. The van der Waals surface area contributed by atoms with Crippen molar-refractivity contribution in [2.24, 2.45) is 0 Å². The van der Waals surface area contributed by atoms with Gasteiger partial charge in [0.05, 0.1) is 0 Å². The van der Waals surface area contributed by atoms with Gasteiger partial charge in [0.25, 0.3) is 0 Å². The molecule has 0 spiro atoms. The van der Waals surface area contributed by atoms with Gasteiger partial charge in [-0.05, 0) is 86.4 Å². The molecule has 0 amide bonds. The summed E-state index contributed by atoms with van der Waals surface area (Å²) in [6.45, 7) is 0.672. The smallest absolute Gasteiger partial charge is 0.537 e. The van der Waals surface area contributed by atoms with Crippen LogP contribution in [0.2, 0.25) is 0 Å². The number of nitrogens with zero attached hydrogens (tertiary/aromatic N) is 1. The van der Waals surface area contributed by atoms with Crippen LogP contribution < -0.4 is 9.55 Å². The van der Waals surface area contributed by atoms with Crippen molar-refractivity contribution in [3.05, 3.63) is 163 Å². The Morgan fingerprint density at radius 2 is 1.26 bits per heavy atom. The fraction of sp³-hybridized carbons (Fsp3) is 0.0256. The minimum atomic E-state index is 0.591. The Balaban J connectivity index is 1.38. The number of benzene rings is 7. The Kier molecular flexibility index (Phi) is 7.35.